The van der Waals surface area contributed by atoms with E-state index in [4.69, 9.17) is 10.4 Å². The van der Waals surface area contributed by atoms with Crippen LogP contribution in [0.1, 0.15) is 32.6 Å². The maximum atomic E-state index is 11.9. The number of hydrogen-bond acceptors (Lipinski definition) is 6. The molecule has 0 spiro atoms. The molecule has 1 rings (SSSR count). The van der Waals surface area contributed by atoms with Gasteiger partial charge in [-0.15, -0.1) is 0 Å². The third-order valence-electron chi connectivity index (χ3n) is 3.29. The van der Waals surface area contributed by atoms with Crippen molar-refractivity contribution in [2.75, 3.05) is 12.0 Å². The highest BCUT2D eigenvalue weighted by atomic mass is 32.2. The van der Waals surface area contributed by atoms with Gasteiger partial charge in [0.05, 0.1) is 12.0 Å². The first-order valence-corrected chi connectivity index (χ1v) is 8.21. The molecular weight excluding hydrogens is 279 g/mol. The maximum Gasteiger partial charge on any atom is 0.478 e. The second-order valence-corrected chi connectivity index (χ2v) is 6.12. The molecule has 114 valence electrons. The van der Waals surface area contributed by atoms with E-state index in [-0.39, 0.29) is 17.8 Å². The fraction of sp³-hybridized carbons (Fsp3) is 0.833. The highest BCUT2D eigenvalue weighted by Crippen LogP contribution is 2.19. The summed E-state index contributed by atoms with van der Waals surface area (Å²) in [7, 11) is -1.08. The van der Waals surface area contributed by atoms with Crippen LogP contribution >= 0.6 is 11.8 Å². The van der Waals surface area contributed by atoms with Crippen LogP contribution in [0.15, 0.2) is 0 Å². The van der Waals surface area contributed by atoms with Gasteiger partial charge in [-0.1, -0.05) is 0 Å². The molecule has 1 aliphatic rings. The monoisotopic (exact) mass is 302 g/mol. The minimum Gasteiger partial charge on any atom is -0.426 e. The van der Waals surface area contributed by atoms with Crippen molar-refractivity contribution in [1.29, 1.82) is 0 Å². The Bertz CT molecular complexity index is 345. The minimum atomic E-state index is -1.08. The Morgan fingerprint density at radius 2 is 2.25 bits per heavy atom. The van der Waals surface area contributed by atoms with E-state index < -0.39 is 19.1 Å². The zero-order valence-electron chi connectivity index (χ0n) is 12.0. The maximum absolute atomic E-state index is 11.9. The summed E-state index contributed by atoms with van der Waals surface area (Å²) in [6.07, 6.45) is 3.82. The summed E-state index contributed by atoms with van der Waals surface area (Å²) in [6, 6.07) is -0.565. The molecule has 0 aromatic carbocycles. The molecular formula is C12H23BN2O4S. The Kier molecular flexibility index (Phi) is 7.57. The molecule has 1 fully saturated rings. The summed E-state index contributed by atoms with van der Waals surface area (Å²) in [5.74, 6) is 0.130. The lowest BCUT2D eigenvalue weighted by Gasteiger charge is -2.31. The van der Waals surface area contributed by atoms with Crippen LogP contribution < -0.4 is 11.1 Å². The van der Waals surface area contributed by atoms with Crippen LogP contribution in [-0.2, 0) is 14.2 Å². The van der Waals surface area contributed by atoms with Crippen molar-refractivity contribution in [1.82, 2.24) is 5.32 Å². The van der Waals surface area contributed by atoms with Gasteiger partial charge < -0.3 is 20.7 Å². The van der Waals surface area contributed by atoms with Gasteiger partial charge in [-0.2, -0.15) is 11.8 Å². The van der Waals surface area contributed by atoms with Crippen LogP contribution in [0.2, 0.25) is 0 Å². The van der Waals surface area contributed by atoms with Gasteiger partial charge in [0.25, 0.3) is 0 Å². The van der Waals surface area contributed by atoms with E-state index in [2.05, 4.69) is 5.32 Å². The normalized spacial score (nSPS) is 24.3. The number of nitrogens with two attached hydrogens (primary N) is 1. The van der Waals surface area contributed by atoms with Crippen LogP contribution in [0.25, 0.3) is 0 Å². The van der Waals surface area contributed by atoms with Crippen molar-refractivity contribution in [3.63, 3.8) is 0 Å². The summed E-state index contributed by atoms with van der Waals surface area (Å²) in [6.45, 7) is 1.49. The Hall–Kier alpha value is -0.565. The summed E-state index contributed by atoms with van der Waals surface area (Å²) >= 11 is 1.63. The SMILES string of the molecule is CSCCC(N)C(=O)N[C@H]1CC[C@@H](CC(C)=O)OB1O. The molecule has 1 amide bonds. The van der Waals surface area contributed by atoms with Crippen molar-refractivity contribution in [2.45, 2.75) is 50.7 Å². The van der Waals surface area contributed by atoms with Gasteiger partial charge >= 0.3 is 7.12 Å². The van der Waals surface area contributed by atoms with Gasteiger partial charge in [0, 0.05) is 12.5 Å². The quantitative estimate of drug-likeness (QED) is 0.560. The lowest BCUT2D eigenvalue weighted by Crippen LogP contribution is -2.56. The van der Waals surface area contributed by atoms with E-state index in [9.17, 15) is 14.6 Å². The molecule has 0 bridgehead atoms. The topological polar surface area (TPSA) is 102 Å². The van der Waals surface area contributed by atoms with E-state index in [0.29, 0.717) is 25.7 Å². The summed E-state index contributed by atoms with van der Waals surface area (Å²) in [4.78, 5) is 22.9. The summed E-state index contributed by atoms with van der Waals surface area (Å²) in [5.41, 5.74) is 5.77. The van der Waals surface area contributed by atoms with Crippen molar-refractivity contribution in [3.8, 4) is 0 Å². The summed E-state index contributed by atoms with van der Waals surface area (Å²) < 4.78 is 5.35. The fourth-order valence-electron chi connectivity index (χ4n) is 2.15. The standard InChI is InChI=1S/C12H23BN2O4S/c1-8(16)7-9-3-4-11(13(18)19-9)15-12(17)10(14)5-6-20-2/h9-11,18H,3-7,14H2,1-2H3,(H,15,17)/t9-,10?,11-/m0/s1. The summed E-state index contributed by atoms with van der Waals surface area (Å²) in [5, 5.41) is 12.6. The van der Waals surface area contributed by atoms with E-state index in [0.717, 1.165) is 5.75 Å². The molecule has 0 aliphatic carbocycles. The Morgan fingerprint density at radius 3 is 2.80 bits per heavy atom. The van der Waals surface area contributed by atoms with E-state index in [1.165, 1.54) is 6.92 Å². The molecule has 20 heavy (non-hydrogen) atoms. The predicted molar refractivity (Wildman–Crippen MR) is 80.3 cm³/mol. The molecule has 0 aromatic rings. The largest absolute Gasteiger partial charge is 0.478 e. The number of carbonyl (C=O) groups is 2. The number of carbonyl (C=O) groups excluding carboxylic acids is 2. The smallest absolute Gasteiger partial charge is 0.426 e. The molecule has 1 saturated heterocycles. The molecule has 1 heterocycles. The number of Topliss-reactive ketones (excluding diaryl/α,β-unsaturated/α-hetero) is 1. The molecule has 1 unspecified atom stereocenters. The van der Waals surface area contributed by atoms with Crippen LogP contribution in [0, 0.1) is 0 Å². The first-order valence-electron chi connectivity index (χ1n) is 6.82. The van der Waals surface area contributed by atoms with Gasteiger partial charge in [0.15, 0.2) is 0 Å². The third-order valence-corrected chi connectivity index (χ3v) is 3.93. The molecule has 4 N–H and O–H groups in total. The lowest BCUT2D eigenvalue weighted by molar-refractivity contribution is -0.123. The second kappa shape index (κ2) is 8.66. The number of hydrogen-bond donors (Lipinski definition) is 3. The number of nitrogens with one attached hydrogen (secondary N) is 1. The van der Waals surface area contributed by atoms with Crippen LogP contribution in [-0.4, -0.2) is 53.9 Å². The van der Waals surface area contributed by atoms with Gasteiger partial charge in [0.2, 0.25) is 5.91 Å². The molecule has 8 heteroatoms. The molecule has 0 radical (unpaired) electrons. The van der Waals surface area contributed by atoms with Crippen molar-refractivity contribution < 1.29 is 19.3 Å². The predicted octanol–water partition coefficient (Wildman–Crippen LogP) is -0.271. The van der Waals surface area contributed by atoms with Crippen molar-refractivity contribution >= 4 is 30.6 Å². The van der Waals surface area contributed by atoms with Crippen LogP contribution in [0.3, 0.4) is 0 Å². The van der Waals surface area contributed by atoms with Crippen LogP contribution in [0.4, 0.5) is 0 Å². The minimum absolute atomic E-state index is 0.0313. The number of ketones is 1. The van der Waals surface area contributed by atoms with Gasteiger partial charge in [-0.05, 0) is 38.2 Å². The number of rotatable bonds is 7. The van der Waals surface area contributed by atoms with E-state index in [1.807, 2.05) is 6.26 Å². The molecule has 3 atom stereocenters. The Balaban J connectivity index is 2.38. The van der Waals surface area contributed by atoms with Gasteiger partial charge in [0.1, 0.15) is 5.78 Å². The Morgan fingerprint density at radius 1 is 1.55 bits per heavy atom. The Labute approximate surface area is 124 Å². The zero-order valence-corrected chi connectivity index (χ0v) is 12.8. The average molecular weight is 302 g/mol. The van der Waals surface area contributed by atoms with Gasteiger partial charge in [-0.25, -0.2) is 0 Å². The highest BCUT2D eigenvalue weighted by Gasteiger charge is 2.36. The molecule has 6 nitrogen and oxygen atoms in total. The number of amides is 1. The first kappa shape index (κ1) is 17.5. The van der Waals surface area contributed by atoms with E-state index in [1.54, 1.807) is 11.8 Å². The number of thioether (sulfide) groups is 1. The van der Waals surface area contributed by atoms with Crippen molar-refractivity contribution in [3.05, 3.63) is 0 Å². The van der Waals surface area contributed by atoms with Crippen molar-refractivity contribution in [2.24, 2.45) is 5.73 Å². The second-order valence-electron chi connectivity index (χ2n) is 5.14. The van der Waals surface area contributed by atoms with Gasteiger partial charge in [-0.3, -0.25) is 9.59 Å². The van der Waals surface area contributed by atoms with E-state index >= 15 is 0 Å². The van der Waals surface area contributed by atoms with Crippen LogP contribution in [0.5, 0.6) is 0 Å². The fourth-order valence-corrected chi connectivity index (χ4v) is 2.64. The molecule has 0 saturated carbocycles. The lowest BCUT2D eigenvalue weighted by atomic mass is 9.72. The highest BCUT2D eigenvalue weighted by molar-refractivity contribution is 7.98. The zero-order chi connectivity index (χ0) is 15.1. The molecule has 1 aliphatic heterocycles. The third kappa shape index (κ3) is 5.82. The first-order chi connectivity index (χ1) is 9.43. The molecule has 0 aromatic heterocycles. The average Bonchev–Trinajstić information content (AvgIpc) is 2.38.